The Morgan fingerprint density at radius 3 is 2.58 bits per heavy atom. The first-order valence-corrected chi connectivity index (χ1v) is 11.4. The molecule has 1 aliphatic heterocycles. The number of amides is 1. The molecule has 33 heavy (non-hydrogen) atoms. The maximum absolute atomic E-state index is 13.1. The number of halogens is 1. The molecule has 1 aromatic carbocycles. The van der Waals surface area contributed by atoms with E-state index < -0.39 is 0 Å². The molecule has 3 heterocycles. The Bertz CT molecular complexity index is 1200. The van der Waals surface area contributed by atoms with E-state index in [2.05, 4.69) is 29.6 Å². The Hall–Kier alpha value is -2.96. The minimum atomic E-state index is -0.361. The molecular weight excluding hydrogens is 434 g/mol. The van der Waals surface area contributed by atoms with Gasteiger partial charge >= 0.3 is 0 Å². The second-order valence-electron chi connectivity index (χ2n) is 9.45. The van der Waals surface area contributed by atoms with Crippen LogP contribution in [0.25, 0.3) is 22.4 Å². The van der Waals surface area contributed by atoms with E-state index in [1.807, 2.05) is 61.2 Å². The molecule has 3 aromatic rings. The zero-order chi connectivity index (χ0) is 23.8. The first-order valence-electron chi connectivity index (χ1n) is 11.1. The van der Waals surface area contributed by atoms with Gasteiger partial charge in [-0.25, -0.2) is 0 Å². The van der Waals surface area contributed by atoms with E-state index >= 15 is 0 Å². The van der Waals surface area contributed by atoms with E-state index in [1.54, 1.807) is 18.5 Å². The van der Waals surface area contributed by atoms with Gasteiger partial charge in [0.1, 0.15) is 5.69 Å². The molecule has 0 saturated heterocycles. The van der Waals surface area contributed by atoms with E-state index in [0.717, 1.165) is 45.2 Å². The van der Waals surface area contributed by atoms with Crippen LogP contribution in [0.15, 0.2) is 54.9 Å². The summed E-state index contributed by atoms with van der Waals surface area (Å²) in [5.41, 5.74) is 5.62. The number of nitrogens with zero attached hydrogens (tertiary/aromatic N) is 5. The van der Waals surface area contributed by atoms with Gasteiger partial charge in [-0.05, 0) is 70.3 Å². The molecule has 0 N–H and O–H groups in total. The van der Waals surface area contributed by atoms with Gasteiger partial charge in [-0.15, -0.1) is 0 Å². The van der Waals surface area contributed by atoms with Crippen LogP contribution in [0, 0.1) is 6.92 Å². The maximum Gasteiger partial charge on any atom is 0.246 e. The Balaban J connectivity index is 1.84. The van der Waals surface area contributed by atoms with E-state index in [4.69, 9.17) is 16.7 Å². The van der Waals surface area contributed by atoms with E-state index in [1.165, 1.54) is 0 Å². The predicted octanol–water partition coefficient (Wildman–Crippen LogP) is 4.77. The van der Waals surface area contributed by atoms with Crippen molar-refractivity contribution in [2.24, 2.45) is 0 Å². The molecule has 0 radical (unpaired) electrons. The molecule has 1 aliphatic rings. The quantitative estimate of drug-likeness (QED) is 0.511. The van der Waals surface area contributed by atoms with Crippen LogP contribution in [0.4, 0.5) is 0 Å². The Morgan fingerprint density at radius 1 is 1.18 bits per heavy atom. The van der Waals surface area contributed by atoms with Crippen LogP contribution >= 0.6 is 11.6 Å². The van der Waals surface area contributed by atoms with Crippen LogP contribution in [0.1, 0.15) is 25.1 Å². The minimum Gasteiger partial charge on any atom is -0.331 e. The predicted molar refractivity (Wildman–Crippen MR) is 133 cm³/mol. The van der Waals surface area contributed by atoms with E-state index in [0.29, 0.717) is 13.1 Å². The summed E-state index contributed by atoms with van der Waals surface area (Å²) in [7, 11) is 3.97. The second kappa shape index (κ2) is 9.12. The van der Waals surface area contributed by atoms with Crippen molar-refractivity contribution in [3.63, 3.8) is 0 Å². The summed E-state index contributed by atoms with van der Waals surface area (Å²) in [4.78, 5) is 21.2. The molecule has 2 aromatic heterocycles. The van der Waals surface area contributed by atoms with Crippen LogP contribution < -0.4 is 0 Å². The molecule has 1 amide bonds. The minimum absolute atomic E-state index is 0.0157. The molecule has 0 saturated carbocycles. The fourth-order valence-electron chi connectivity index (χ4n) is 4.31. The Labute approximate surface area is 200 Å². The molecule has 0 atom stereocenters. The highest BCUT2D eigenvalue weighted by Gasteiger charge is 2.37. The normalized spacial score (nSPS) is 15.3. The summed E-state index contributed by atoms with van der Waals surface area (Å²) in [5, 5.41) is 5.82. The van der Waals surface area contributed by atoms with Gasteiger partial charge in [-0.1, -0.05) is 23.7 Å². The number of pyridine rings is 1. The smallest absolute Gasteiger partial charge is 0.246 e. The summed E-state index contributed by atoms with van der Waals surface area (Å²) < 4.78 is 2.09. The van der Waals surface area contributed by atoms with Crippen molar-refractivity contribution < 1.29 is 4.79 Å². The van der Waals surface area contributed by atoms with Crippen LogP contribution in [0.5, 0.6) is 0 Å². The summed E-state index contributed by atoms with van der Waals surface area (Å²) in [6.45, 7) is 8.05. The number of aromatic nitrogens is 3. The molecule has 0 fully saturated rings. The highest BCUT2D eigenvalue weighted by molar-refractivity contribution is 6.31. The number of carbonyl (C=O) groups excluding carboxylic acids is 1. The summed E-state index contributed by atoms with van der Waals surface area (Å²) in [6, 6.07) is 9.98. The molecule has 7 heteroatoms. The maximum atomic E-state index is 13.1. The number of benzene rings is 1. The van der Waals surface area contributed by atoms with Gasteiger partial charge in [0, 0.05) is 47.7 Å². The first-order chi connectivity index (χ1) is 15.7. The van der Waals surface area contributed by atoms with Crippen LogP contribution in [-0.4, -0.2) is 57.7 Å². The molecular formula is C26H30ClN5O. The molecule has 0 bridgehead atoms. The summed E-state index contributed by atoms with van der Waals surface area (Å²) in [5.74, 6) is 0.0157. The number of fused-ring (bicyclic) bond motifs is 1. The number of likely N-dealkylation sites (N-methyl/N-ethyl adjacent to an activating group) is 1. The topological polar surface area (TPSA) is 54.3 Å². The van der Waals surface area contributed by atoms with Crippen molar-refractivity contribution in [3.05, 3.63) is 71.2 Å². The number of rotatable bonds is 5. The van der Waals surface area contributed by atoms with Gasteiger partial charge in [0.2, 0.25) is 5.91 Å². The second-order valence-corrected chi connectivity index (χ2v) is 9.86. The third-order valence-corrected chi connectivity index (χ3v) is 6.34. The number of carbonyl (C=O) groups is 1. The van der Waals surface area contributed by atoms with Crippen molar-refractivity contribution in [3.8, 4) is 22.4 Å². The van der Waals surface area contributed by atoms with Crippen LogP contribution in [0.3, 0.4) is 0 Å². The zero-order valence-corrected chi connectivity index (χ0v) is 20.6. The largest absolute Gasteiger partial charge is 0.331 e. The fraction of sp³-hybridized carbons (Fsp3) is 0.346. The standard InChI is InChI=1S/C26H30ClN5O/c1-18-15-20(8-9-21(18)27)25-24(19-10-12-28-13-11-19)22-16-31(17-26(2,3)32(22)29-25)23(33)7-6-14-30(4)5/h6-13,15H,14,16-17H2,1-5H3/b7-6+. The Morgan fingerprint density at radius 2 is 1.91 bits per heavy atom. The summed E-state index contributed by atoms with van der Waals surface area (Å²) >= 11 is 6.30. The molecule has 0 spiro atoms. The molecule has 0 aliphatic carbocycles. The van der Waals surface area contributed by atoms with Gasteiger partial charge in [-0.3, -0.25) is 14.5 Å². The highest BCUT2D eigenvalue weighted by Crippen LogP contribution is 2.40. The van der Waals surface area contributed by atoms with E-state index in [9.17, 15) is 4.79 Å². The highest BCUT2D eigenvalue weighted by atomic mass is 35.5. The monoisotopic (exact) mass is 463 g/mol. The lowest BCUT2D eigenvalue weighted by Crippen LogP contribution is -2.49. The molecule has 4 rings (SSSR count). The molecule has 172 valence electrons. The van der Waals surface area contributed by atoms with Gasteiger partial charge in [0.25, 0.3) is 0 Å². The van der Waals surface area contributed by atoms with Crippen LogP contribution in [0.2, 0.25) is 5.02 Å². The number of hydrogen-bond donors (Lipinski definition) is 0. The summed E-state index contributed by atoms with van der Waals surface area (Å²) in [6.07, 6.45) is 7.17. The average Bonchev–Trinajstić information content (AvgIpc) is 3.16. The molecule has 0 unspecified atom stereocenters. The lowest BCUT2D eigenvalue weighted by molar-refractivity contribution is -0.129. The Kier molecular flexibility index (Phi) is 6.41. The number of aryl methyl sites for hydroxylation is 1. The van der Waals surface area contributed by atoms with Crippen molar-refractivity contribution in [1.29, 1.82) is 0 Å². The average molecular weight is 464 g/mol. The van der Waals surface area contributed by atoms with Gasteiger partial charge in [0.05, 0.1) is 17.8 Å². The third-order valence-electron chi connectivity index (χ3n) is 5.92. The van der Waals surface area contributed by atoms with Gasteiger partial charge in [0.15, 0.2) is 0 Å². The van der Waals surface area contributed by atoms with Crippen LogP contribution in [-0.2, 0) is 16.9 Å². The van der Waals surface area contributed by atoms with Crippen molar-refractivity contribution >= 4 is 17.5 Å². The van der Waals surface area contributed by atoms with Crippen molar-refractivity contribution in [2.75, 3.05) is 27.2 Å². The van der Waals surface area contributed by atoms with Crippen molar-refractivity contribution in [1.82, 2.24) is 24.6 Å². The number of hydrogen-bond acceptors (Lipinski definition) is 4. The molecule has 6 nitrogen and oxygen atoms in total. The van der Waals surface area contributed by atoms with Crippen molar-refractivity contribution in [2.45, 2.75) is 32.9 Å². The first kappa shape index (κ1) is 23.2. The van der Waals surface area contributed by atoms with Gasteiger partial charge in [-0.2, -0.15) is 5.10 Å². The fourth-order valence-corrected chi connectivity index (χ4v) is 4.43. The zero-order valence-electron chi connectivity index (χ0n) is 19.8. The van der Waals surface area contributed by atoms with E-state index in [-0.39, 0.29) is 11.4 Å². The SMILES string of the molecule is Cc1cc(-c2nn3c(c2-c2ccncc2)CN(C(=O)/C=C/CN(C)C)CC3(C)C)ccc1Cl. The third kappa shape index (κ3) is 4.72. The van der Waals surface area contributed by atoms with Gasteiger partial charge < -0.3 is 9.80 Å². The lowest BCUT2D eigenvalue weighted by Gasteiger charge is -2.39. The lowest BCUT2D eigenvalue weighted by atomic mass is 9.95.